The van der Waals surface area contributed by atoms with Crippen LogP contribution in [0.2, 0.25) is 0 Å². The molecule has 0 radical (unpaired) electrons. The standard InChI is InChI=1S/C5H10FNO/c1-4(7)5(6)2-3-8/h2,4,8H,3,7H2,1H3/b5-2-. The first kappa shape index (κ1) is 7.59. The van der Waals surface area contributed by atoms with Gasteiger partial charge < -0.3 is 10.8 Å². The average Bonchev–Trinajstić information content (AvgIpc) is 1.67. The Morgan fingerprint density at radius 3 is 2.62 bits per heavy atom. The van der Waals surface area contributed by atoms with E-state index < -0.39 is 11.9 Å². The summed E-state index contributed by atoms with van der Waals surface area (Å²) in [6, 6.07) is -0.595. The molecule has 0 heterocycles. The first-order chi connectivity index (χ1) is 3.68. The summed E-state index contributed by atoms with van der Waals surface area (Å²) >= 11 is 0. The minimum atomic E-state index is -0.595. The number of aliphatic hydroxyl groups excluding tert-OH is 1. The summed E-state index contributed by atoms with van der Waals surface area (Å²) < 4.78 is 12.1. The molecule has 1 atom stereocenters. The Kier molecular flexibility index (Phi) is 3.39. The zero-order chi connectivity index (χ0) is 6.57. The zero-order valence-electron chi connectivity index (χ0n) is 4.76. The molecule has 0 saturated heterocycles. The average molecular weight is 119 g/mol. The van der Waals surface area contributed by atoms with Crippen molar-refractivity contribution in [3.05, 3.63) is 11.9 Å². The second-order valence-electron chi connectivity index (χ2n) is 1.56. The van der Waals surface area contributed by atoms with E-state index in [1.807, 2.05) is 0 Å². The Balaban J connectivity index is 3.61. The second-order valence-corrected chi connectivity index (χ2v) is 1.56. The van der Waals surface area contributed by atoms with Crippen molar-refractivity contribution in [1.29, 1.82) is 0 Å². The van der Waals surface area contributed by atoms with Crippen LogP contribution in [0.1, 0.15) is 6.92 Å². The summed E-state index contributed by atoms with van der Waals surface area (Å²) in [5.41, 5.74) is 5.07. The fourth-order valence-corrected chi connectivity index (χ4v) is 0.273. The van der Waals surface area contributed by atoms with Crippen molar-refractivity contribution >= 4 is 0 Å². The van der Waals surface area contributed by atoms with E-state index in [1.165, 1.54) is 6.92 Å². The summed E-state index contributed by atoms with van der Waals surface area (Å²) in [7, 11) is 0. The molecule has 8 heavy (non-hydrogen) atoms. The fraction of sp³-hybridized carbons (Fsp3) is 0.600. The molecule has 1 unspecified atom stereocenters. The van der Waals surface area contributed by atoms with Gasteiger partial charge >= 0.3 is 0 Å². The van der Waals surface area contributed by atoms with Crippen molar-refractivity contribution in [1.82, 2.24) is 0 Å². The van der Waals surface area contributed by atoms with Crippen LogP contribution in [0.4, 0.5) is 4.39 Å². The zero-order valence-corrected chi connectivity index (χ0v) is 4.76. The van der Waals surface area contributed by atoms with Crippen molar-refractivity contribution in [2.24, 2.45) is 5.73 Å². The lowest BCUT2D eigenvalue weighted by atomic mass is 10.3. The maximum absolute atomic E-state index is 12.1. The third-order valence-corrected chi connectivity index (χ3v) is 0.721. The molecule has 48 valence electrons. The van der Waals surface area contributed by atoms with Gasteiger partial charge in [0.15, 0.2) is 0 Å². The van der Waals surface area contributed by atoms with Gasteiger partial charge in [-0.2, -0.15) is 0 Å². The molecule has 0 aromatic heterocycles. The Morgan fingerprint density at radius 2 is 2.50 bits per heavy atom. The van der Waals surface area contributed by atoms with Crippen LogP contribution in [0.25, 0.3) is 0 Å². The van der Waals surface area contributed by atoms with Gasteiger partial charge in [-0.25, -0.2) is 4.39 Å². The number of rotatable bonds is 2. The highest BCUT2D eigenvalue weighted by molar-refractivity contribution is 4.98. The highest BCUT2D eigenvalue weighted by Gasteiger charge is 1.97. The fourth-order valence-electron chi connectivity index (χ4n) is 0.273. The third-order valence-electron chi connectivity index (χ3n) is 0.721. The number of hydrogen-bond acceptors (Lipinski definition) is 2. The van der Waals surface area contributed by atoms with E-state index >= 15 is 0 Å². The van der Waals surface area contributed by atoms with Gasteiger partial charge in [0.05, 0.1) is 12.6 Å². The van der Waals surface area contributed by atoms with Gasteiger partial charge in [0, 0.05) is 0 Å². The maximum atomic E-state index is 12.1. The van der Waals surface area contributed by atoms with E-state index in [2.05, 4.69) is 0 Å². The largest absolute Gasteiger partial charge is 0.392 e. The molecule has 0 aromatic rings. The van der Waals surface area contributed by atoms with E-state index in [0.29, 0.717) is 0 Å². The molecule has 0 aromatic carbocycles. The molecule has 3 N–H and O–H groups in total. The van der Waals surface area contributed by atoms with Crippen LogP contribution in [-0.4, -0.2) is 17.8 Å². The van der Waals surface area contributed by atoms with Crippen molar-refractivity contribution in [2.75, 3.05) is 6.61 Å². The Labute approximate surface area is 47.8 Å². The molecule has 2 nitrogen and oxygen atoms in total. The molecule has 0 aliphatic carbocycles. The van der Waals surface area contributed by atoms with Crippen LogP contribution in [0.5, 0.6) is 0 Å². The van der Waals surface area contributed by atoms with E-state index in [-0.39, 0.29) is 6.61 Å². The third kappa shape index (κ3) is 2.71. The second kappa shape index (κ2) is 3.57. The van der Waals surface area contributed by atoms with E-state index in [1.54, 1.807) is 0 Å². The van der Waals surface area contributed by atoms with Crippen LogP contribution < -0.4 is 5.73 Å². The molecule has 0 aliphatic rings. The molecule has 0 aliphatic heterocycles. The monoisotopic (exact) mass is 119 g/mol. The van der Waals surface area contributed by atoms with Gasteiger partial charge in [0.1, 0.15) is 5.83 Å². The number of nitrogens with two attached hydrogens (primary N) is 1. The maximum Gasteiger partial charge on any atom is 0.115 e. The SMILES string of the molecule is CC(N)/C(F)=C/CO. The predicted octanol–water partition coefficient (Wildman–Crippen LogP) is 0.179. The van der Waals surface area contributed by atoms with Crippen molar-refractivity contribution < 1.29 is 9.50 Å². The van der Waals surface area contributed by atoms with Crippen LogP contribution in [0.3, 0.4) is 0 Å². The summed E-state index contributed by atoms with van der Waals surface area (Å²) in [6.45, 7) is 1.23. The van der Waals surface area contributed by atoms with Crippen LogP contribution in [0, 0.1) is 0 Å². The van der Waals surface area contributed by atoms with Crippen LogP contribution >= 0.6 is 0 Å². The van der Waals surface area contributed by atoms with Crippen molar-refractivity contribution in [2.45, 2.75) is 13.0 Å². The number of aliphatic hydroxyl groups is 1. The molecule has 0 rings (SSSR count). The highest BCUT2D eigenvalue weighted by atomic mass is 19.1. The molecular formula is C5H10FNO. The first-order valence-electron chi connectivity index (χ1n) is 2.40. The molecule has 0 spiro atoms. The molecular weight excluding hydrogens is 109 g/mol. The van der Waals surface area contributed by atoms with Gasteiger partial charge in [-0.1, -0.05) is 0 Å². The van der Waals surface area contributed by atoms with Gasteiger partial charge in [-0.15, -0.1) is 0 Å². The topological polar surface area (TPSA) is 46.2 Å². The Hall–Kier alpha value is -0.410. The number of halogens is 1. The van der Waals surface area contributed by atoms with Gasteiger partial charge in [0.2, 0.25) is 0 Å². The first-order valence-corrected chi connectivity index (χ1v) is 2.40. The lowest BCUT2D eigenvalue weighted by molar-refractivity contribution is 0.337. The lowest BCUT2D eigenvalue weighted by Gasteiger charge is -1.97. The van der Waals surface area contributed by atoms with Crippen LogP contribution in [-0.2, 0) is 0 Å². The lowest BCUT2D eigenvalue weighted by Crippen LogP contribution is -2.15. The molecule has 0 amide bonds. The Morgan fingerprint density at radius 1 is 2.00 bits per heavy atom. The van der Waals surface area contributed by atoms with Gasteiger partial charge in [-0.05, 0) is 13.0 Å². The molecule has 0 bridgehead atoms. The van der Waals surface area contributed by atoms with Crippen LogP contribution in [0.15, 0.2) is 11.9 Å². The molecule has 0 saturated carbocycles. The quantitative estimate of drug-likeness (QED) is 0.544. The minimum Gasteiger partial charge on any atom is -0.392 e. The summed E-state index contributed by atoms with van der Waals surface area (Å²) in [4.78, 5) is 0. The smallest absolute Gasteiger partial charge is 0.115 e. The summed E-state index contributed by atoms with van der Waals surface area (Å²) in [6.07, 6.45) is 1.05. The van der Waals surface area contributed by atoms with E-state index in [4.69, 9.17) is 10.8 Å². The van der Waals surface area contributed by atoms with Crippen molar-refractivity contribution in [3.63, 3.8) is 0 Å². The molecule has 0 fully saturated rings. The summed E-state index contributed by atoms with van der Waals surface area (Å²) in [5.74, 6) is -0.465. The Bertz CT molecular complexity index is 90.4. The van der Waals surface area contributed by atoms with Gasteiger partial charge in [0.25, 0.3) is 0 Å². The minimum absolute atomic E-state index is 0.284. The summed E-state index contributed by atoms with van der Waals surface area (Å²) in [5, 5.41) is 8.11. The normalized spacial score (nSPS) is 16.2. The number of hydrogen-bond donors (Lipinski definition) is 2. The van der Waals surface area contributed by atoms with Gasteiger partial charge in [-0.3, -0.25) is 0 Å². The molecule has 3 heteroatoms. The van der Waals surface area contributed by atoms with E-state index in [0.717, 1.165) is 6.08 Å². The predicted molar refractivity (Wildman–Crippen MR) is 29.9 cm³/mol. The highest BCUT2D eigenvalue weighted by Crippen LogP contribution is 1.98. The van der Waals surface area contributed by atoms with E-state index in [9.17, 15) is 4.39 Å². The van der Waals surface area contributed by atoms with Crippen molar-refractivity contribution in [3.8, 4) is 0 Å².